The van der Waals surface area contributed by atoms with Gasteiger partial charge in [0.05, 0.1) is 0 Å². The molecule has 1 aromatic rings. The summed E-state index contributed by atoms with van der Waals surface area (Å²) in [6, 6.07) is 1.46. The number of aromatic nitrogens is 1. The summed E-state index contributed by atoms with van der Waals surface area (Å²) in [4.78, 5) is 28.5. The Bertz CT molecular complexity index is 484. The Hall–Kier alpha value is -1.10. The van der Waals surface area contributed by atoms with Crippen LogP contribution in [-0.2, 0) is 0 Å². The molecule has 1 amide bonds. The fourth-order valence-electron chi connectivity index (χ4n) is 2.05. The van der Waals surface area contributed by atoms with Gasteiger partial charge in [0, 0.05) is 36.4 Å². The van der Waals surface area contributed by atoms with Crippen LogP contribution in [0.5, 0.6) is 0 Å². The highest BCUT2D eigenvalue weighted by atomic mass is 79.9. The highest BCUT2D eigenvalue weighted by molar-refractivity contribution is 9.09. The molecule has 0 bridgehead atoms. The van der Waals surface area contributed by atoms with Gasteiger partial charge in [0.15, 0.2) is 5.43 Å². The topological polar surface area (TPSA) is 53.2 Å². The molecule has 0 radical (unpaired) electrons. The number of pyridine rings is 1. The van der Waals surface area contributed by atoms with Crippen LogP contribution >= 0.6 is 15.9 Å². The summed E-state index contributed by atoms with van der Waals surface area (Å²) in [6.45, 7) is 3.27. The molecule has 0 aliphatic carbocycles. The number of rotatable bonds is 2. The van der Waals surface area contributed by atoms with E-state index >= 15 is 0 Å². The highest BCUT2D eigenvalue weighted by Crippen LogP contribution is 2.19. The van der Waals surface area contributed by atoms with Crippen LogP contribution in [0.3, 0.4) is 0 Å². The molecule has 5 heteroatoms. The number of likely N-dealkylation sites (tertiary alicyclic amines) is 1. The van der Waals surface area contributed by atoms with Gasteiger partial charge in [-0.05, 0) is 19.3 Å². The average Bonchev–Trinajstić information content (AvgIpc) is 2.76. The molecule has 2 heterocycles. The van der Waals surface area contributed by atoms with Crippen LogP contribution in [-0.4, -0.2) is 34.2 Å². The lowest BCUT2D eigenvalue weighted by atomic mass is 10.2. The second-order valence-corrected chi connectivity index (χ2v) is 5.10. The van der Waals surface area contributed by atoms with Crippen molar-refractivity contribution in [3.8, 4) is 0 Å². The molecule has 2 rings (SSSR count). The van der Waals surface area contributed by atoms with Crippen LogP contribution in [0.25, 0.3) is 0 Å². The van der Waals surface area contributed by atoms with Gasteiger partial charge in [-0.3, -0.25) is 9.59 Å². The monoisotopic (exact) mass is 298 g/mol. The minimum absolute atomic E-state index is 0.158. The number of H-pyrrole nitrogens is 1. The highest BCUT2D eigenvalue weighted by Gasteiger charge is 2.27. The molecule has 1 aromatic heterocycles. The molecule has 1 saturated heterocycles. The Balaban J connectivity index is 2.18. The van der Waals surface area contributed by atoms with Gasteiger partial charge in [0.25, 0.3) is 5.91 Å². The van der Waals surface area contributed by atoms with Crippen molar-refractivity contribution in [1.82, 2.24) is 9.88 Å². The van der Waals surface area contributed by atoms with E-state index in [1.807, 2.05) is 0 Å². The molecule has 1 atom stereocenters. The fraction of sp³-hybridized carbons (Fsp3) is 0.500. The summed E-state index contributed by atoms with van der Waals surface area (Å²) in [7, 11) is 0. The van der Waals surface area contributed by atoms with E-state index in [2.05, 4.69) is 20.9 Å². The molecule has 4 nitrogen and oxygen atoms in total. The van der Waals surface area contributed by atoms with E-state index < -0.39 is 0 Å². The van der Waals surface area contributed by atoms with Gasteiger partial charge in [-0.2, -0.15) is 0 Å². The van der Waals surface area contributed by atoms with Gasteiger partial charge in [0.1, 0.15) is 5.56 Å². The molecule has 0 spiro atoms. The normalized spacial score (nSPS) is 19.6. The number of alkyl halides is 1. The van der Waals surface area contributed by atoms with Gasteiger partial charge in [-0.25, -0.2) is 0 Å². The second-order valence-electron chi connectivity index (χ2n) is 4.45. The predicted octanol–water partition coefficient (Wildman–Crippen LogP) is 1.54. The van der Waals surface area contributed by atoms with Crippen LogP contribution in [0.4, 0.5) is 0 Å². The number of hydrogen-bond acceptors (Lipinski definition) is 2. The lowest BCUT2D eigenvalue weighted by molar-refractivity contribution is 0.0787. The van der Waals surface area contributed by atoms with Crippen LogP contribution < -0.4 is 5.43 Å². The molecule has 0 saturated carbocycles. The first-order valence-electron chi connectivity index (χ1n) is 5.66. The number of nitrogens with zero attached hydrogens (tertiary/aromatic N) is 1. The summed E-state index contributed by atoms with van der Waals surface area (Å²) < 4.78 is 0. The van der Waals surface area contributed by atoms with Gasteiger partial charge < -0.3 is 9.88 Å². The Morgan fingerprint density at radius 1 is 1.65 bits per heavy atom. The molecule has 1 unspecified atom stereocenters. The molecule has 1 aliphatic rings. The Morgan fingerprint density at radius 3 is 3.00 bits per heavy atom. The third-order valence-electron chi connectivity index (χ3n) is 3.08. The molecule has 1 fully saturated rings. The summed E-state index contributed by atoms with van der Waals surface area (Å²) in [5.74, 6) is 0.346. The first-order valence-corrected chi connectivity index (χ1v) is 6.78. The zero-order valence-corrected chi connectivity index (χ0v) is 11.3. The smallest absolute Gasteiger partial charge is 0.259 e. The number of aromatic amines is 1. The van der Waals surface area contributed by atoms with Crippen LogP contribution in [0.2, 0.25) is 0 Å². The minimum Gasteiger partial charge on any atom is -0.364 e. The van der Waals surface area contributed by atoms with Crippen molar-refractivity contribution in [2.45, 2.75) is 13.3 Å². The maximum Gasteiger partial charge on any atom is 0.259 e. The molecule has 1 N–H and O–H groups in total. The maximum absolute atomic E-state index is 12.1. The Morgan fingerprint density at radius 2 is 2.41 bits per heavy atom. The van der Waals surface area contributed by atoms with Crippen molar-refractivity contribution in [2.24, 2.45) is 5.92 Å². The van der Waals surface area contributed by atoms with Crippen molar-refractivity contribution in [3.63, 3.8) is 0 Å². The second kappa shape index (κ2) is 5.04. The zero-order valence-electron chi connectivity index (χ0n) is 9.70. The number of carbonyl (C=O) groups excluding carboxylic acids is 1. The predicted molar refractivity (Wildman–Crippen MR) is 69.6 cm³/mol. The number of nitrogens with one attached hydrogen (secondary N) is 1. The van der Waals surface area contributed by atoms with E-state index in [1.54, 1.807) is 11.8 Å². The van der Waals surface area contributed by atoms with E-state index in [1.165, 1.54) is 12.3 Å². The van der Waals surface area contributed by atoms with Crippen LogP contribution in [0.1, 0.15) is 22.5 Å². The van der Waals surface area contributed by atoms with Gasteiger partial charge >= 0.3 is 0 Å². The third-order valence-corrected chi connectivity index (χ3v) is 3.99. The van der Waals surface area contributed by atoms with E-state index in [0.717, 1.165) is 30.5 Å². The van der Waals surface area contributed by atoms with Gasteiger partial charge in [0.2, 0.25) is 0 Å². The number of carbonyl (C=O) groups is 1. The molecule has 17 heavy (non-hydrogen) atoms. The molecule has 92 valence electrons. The molecule has 0 aromatic carbocycles. The SMILES string of the molecule is Cc1cc(=O)c(C(=O)N2CCC(CBr)C2)c[nH]1. The first-order chi connectivity index (χ1) is 8.11. The summed E-state index contributed by atoms with van der Waals surface area (Å²) in [5, 5.41) is 0.904. The van der Waals surface area contributed by atoms with Crippen molar-refractivity contribution in [1.29, 1.82) is 0 Å². The van der Waals surface area contributed by atoms with Crippen LogP contribution in [0.15, 0.2) is 17.1 Å². The van der Waals surface area contributed by atoms with E-state index in [9.17, 15) is 9.59 Å². The summed E-state index contributed by atoms with van der Waals surface area (Å²) in [6.07, 6.45) is 2.52. The third kappa shape index (κ3) is 2.60. The number of hydrogen-bond donors (Lipinski definition) is 1. The van der Waals surface area contributed by atoms with E-state index in [4.69, 9.17) is 0 Å². The zero-order chi connectivity index (χ0) is 12.4. The standard InChI is InChI=1S/C12H15BrN2O2/c1-8-4-11(16)10(6-14-8)12(17)15-3-2-9(5-13)7-15/h4,6,9H,2-3,5,7H2,1H3,(H,14,16). The van der Waals surface area contributed by atoms with Crippen molar-refractivity contribution >= 4 is 21.8 Å². The molecule has 1 aliphatic heterocycles. The summed E-state index contributed by atoms with van der Waals surface area (Å²) >= 11 is 3.43. The number of aryl methyl sites for hydroxylation is 1. The van der Waals surface area contributed by atoms with Crippen molar-refractivity contribution < 1.29 is 4.79 Å². The largest absolute Gasteiger partial charge is 0.364 e. The van der Waals surface area contributed by atoms with Crippen molar-refractivity contribution in [2.75, 3.05) is 18.4 Å². The van der Waals surface area contributed by atoms with E-state index in [0.29, 0.717) is 5.92 Å². The lowest BCUT2D eigenvalue weighted by Crippen LogP contribution is -2.32. The molecular formula is C12H15BrN2O2. The Labute approximate surface area is 108 Å². The van der Waals surface area contributed by atoms with Gasteiger partial charge in [-0.15, -0.1) is 0 Å². The maximum atomic E-state index is 12.1. The lowest BCUT2D eigenvalue weighted by Gasteiger charge is -2.15. The van der Waals surface area contributed by atoms with Crippen molar-refractivity contribution in [3.05, 3.63) is 33.7 Å². The fourth-order valence-corrected chi connectivity index (χ4v) is 2.58. The number of halogens is 1. The Kier molecular flexibility index (Phi) is 3.66. The average molecular weight is 299 g/mol. The summed E-state index contributed by atoms with van der Waals surface area (Å²) in [5.41, 5.74) is 0.811. The minimum atomic E-state index is -0.200. The quantitative estimate of drug-likeness (QED) is 0.842. The van der Waals surface area contributed by atoms with E-state index in [-0.39, 0.29) is 16.9 Å². The van der Waals surface area contributed by atoms with Gasteiger partial charge in [-0.1, -0.05) is 15.9 Å². The number of amides is 1. The van der Waals surface area contributed by atoms with Crippen LogP contribution in [0, 0.1) is 12.8 Å². The molecular weight excluding hydrogens is 284 g/mol. The first kappa shape index (κ1) is 12.4.